The molecule has 3 heterocycles. The first-order chi connectivity index (χ1) is 27.7. The molecule has 3 aromatic heterocycles. The second kappa shape index (κ2) is 13.1. The molecular formula is C52H32N4. The number of pyridine rings is 2. The number of rotatable bonds is 5. The first kappa shape index (κ1) is 31.9. The molecule has 11 rings (SSSR count). The largest absolute Gasteiger partial charge is 0.247 e. The molecule has 0 spiro atoms. The maximum atomic E-state index is 5.43. The maximum absolute atomic E-state index is 5.43. The summed E-state index contributed by atoms with van der Waals surface area (Å²) >= 11 is 0. The number of hydrogen-bond acceptors (Lipinski definition) is 4. The van der Waals surface area contributed by atoms with Crippen LogP contribution in [0.1, 0.15) is 0 Å². The molecule has 4 nitrogen and oxygen atoms in total. The van der Waals surface area contributed by atoms with E-state index in [1.165, 1.54) is 10.8 Å². The Bertz CT molecular complexity index is 3290. The fourth-order valence-corrected chi connectivity index (χ4v) is 8.01. The average molecular weight is 713 g/mol. The standard InChI is InChI=1S/C52H32N4/c1-3-12-35(13-4-1)49-44-17-9-10-18-46(44)55-52(56-49)38-22-19-34(20-23-38)40-26-28-42-43-29-25-37-27-30-45(41-24-21-33-11-7-8-16-39(33)31-41)53-51(37)48(43)50(54-47(42)32-40)36-14-5-2-6-15-36/h1-32H. The van der Waals surface area contributed by atoms with Crippen molar-refractivity contribution in [3.63, 3.8) is 0 Å². The minimum Gasteiger partial charge on any atom is -0.247 e. The molecule has 0 aliphatic rings. The number of benzene rings is 8. The van der Waals surface area contributed by atoms with Gasteiger partial charge < -0.3 is 0 Å². The number of aromatic nitrogens is 4. The summed E-state index contributed by atoms with van der Waals surface area (Å²) in [6.07, 6.45) is 0. The van der Waals surface area contributed by atoms with E-state index >= 15 is 0 Å². The van der Waals surface area contributed by atoms with E-state index in [1.54, 1.807) is 0 Å². The quantitative estimate of drug-likeness (QED) is 0.167. The molecule has 0 radical (unpaired) electrons. The third-order valence-corrected chi connectivity index (χ3v) is 10.8. The van der Waals surface area contributed by atoms with Crippen molar-refractivity contribution in [2.45, 2.75) is 0 Å². The van der Waals surface area contributed by atoms with Crippen LogP contribution in [0.4, 0.5) is 0 Å². The van der Waals surface area contributed by atoms with Crippen LogP contribution in [0.25, 0.3) is 111 Å². The highest BCUT2D eigenvalue weighted by atomic mass is 14.9. The van der Waals surface area contributed by atoms with E-state index in [4.69, 9.17) is 19.9 Å². The summed E-state index contributed by atoms with van der Waals surface area (Å²) in [4.78, 5) is 20.8. The molecule has 0 amide bonds. The Labute approximate surface area is 323 Å². The lowest BCUT2D eigenvalue weighted by molar-refractivity contribution is 1.23. The molecule has 0 saturated heterocycles. The van der Waals surface area contributed by atoms with Gasteiger partial charge in [-0.25, -0.2) is 19.9 Å². The van der Waals surface area contributed by atoms with Crippen LogP contribution in [0.15, 0.2) is 194 Å². The molecule has 260 valence electrons. The van der Waals surface area contributed by atoms with Gasteiger partial charge in [0.2, 0.25) is 0 Å². The van der Waals surface area contributed by atoms with Gasteiger partial charge in [0.15, 0.2) is 5.82 Å². The summed E-state index contributed by atoms with van der Waals surface area (Å²) in [5, 5.41) is 7.84. The maximum Gasteiger partial charge on any atom is 0.160 e. The average Bonchev–Trinajstić information content (AvgIpc) is 3.28. The zero-order chi connectivity index (χ0) is 37.0. The summed E-state index contributed by atoms with van der Waals surface area (Å²) in [5.74, 6) is 0.706. The second-order valence-electron chi connectivity index (χ2n) is 14.2. The minimum atomic E-state index is 0.706. The zero-order valence-electron chi connectivity index (χ0n) is 30.3. The highest BCUT2D eigenvalue weighted by Crippen LogP contribution is 2.39. The third kappa shape index (κ3) is 5.47. The highest BCUT2D eigenvalue weighted by Gasteiger charge is 2.17. The highest BCUT2D eigenvalue weighted by molar-refractivity contribution is 6.20. The summed E-state index contributed by atoms with van der Waals surface area (Å²) in [6.45, 7) is 0. The molecule has 0 bridgehead atoms. The number of nitrogens with zero attached hydrogens (tertiary/aromatic N) is 4. The summed E-state index contributed by atoms with van der Waals surface area (Å²) < 4.78 is 0. The summed E-state index contributed by atoms with van der Waals surface area (Å²) in [7, 11) is 0. The molecule has 0 aliphatic heterocycles. The fourth-order valence-electron chi connectivity index (χ4n) is 8.01. The Morgan fingerprint density at radius 3 is 1.73 bits per heavy atom. The Kier molecular flexibility index (Phi) is 7.46. The van der Waals surface area contributed by atoms with E-state index in [1.807, 2.05) is 36.4 Å². The van der Waals surface area contributed by atoms with Crippen LogP contribution in [0, 0.1) is 0 Å². The molecule has 56 heavy (non-hydrogen) atoms. The van der Waals surface area contributed by atoms with Crippen LogP contribution in [0.2, 0.25) is 0 Å². The Morgan fingerprint density at radius 2 is 0.911 bits per heavy atom. The van der Waals surface area contributed by atoms with Gasteiger partial charge in [0.25, 0.3) is 0 Å². The lowest BCUT2D eigenvalue weighted by Crippen LogP contribution is -1.95. The topological polar surface area (TPSA) is 51.6 Å². The molecule has 0 saturated carbocycles. The van der Waals surface area contributed by atoms with Crippen LogP contribution in [-0.4, -0.2) is 19.9 Å². The number of para-hydroxylation sites is 1. The van der Waals surface area contributed by atoms with Crippen molar-refractivity contribution in [1.82, 2.24) is 19.9 Å². The van der Waals surface area contributed by atoms with Crippen LogP contribution < -0.4 is 0 Å². The SMILES string of the molecule is c1ccc(-c2nc(-c3ccc(-c4ccc5c(c4)nc(-c4ccccc4)c4c5ccc5ccc(-c6ccc7ccccc7c6)nc54)cc3)nc3ccccc23)cc1. The van der Waals surface area contributed by atoms with Crippen LogP contribution in [0.3, 0.4) is 0 Å². The van der Waals surface area contributed by atoms with Crippen molar-refractivity contribution in [3.05, 3.63) is 194 Å². The van der Waals surface area contributed by atoms with E-state index < -0.39 is 0 Å². The van der Waals surface area contributed by atoms with Gasteiger partial charge >= 0.3 is 0 Å². The molecule has 8 aromatic carbocycles. The summed E-state index contributed by atoms with van der Waals surface area (Å²) in [6, 6.07) is 67.9. The van der Waals surface area contributed by atoms with E-state index in [2.05, 4.69) is 158 Å². The van der Waals surface area contributed by atoms with Crippen molar-refractivity contribution in [1.29, 1.82) is 0 Å². The molecule has 0 fully saturated rings. The molecule has 0 N–H and O–H groups in total. The minimum absolute atomic E-state index is 0.706. The van der Waals surface area contributed by atoms with Gasteiger partial charge in [0, 0.05) is 43.8 Å². The van der Waals surface area contributed by atoms with E-state index in [-0.39, 0.29) is 0 Å². The lowest BCUT2D eigenvalue weighted by atomic mass is 9.95. The van der Waals surface area contributed by atoms with Crippen molar-refractivity contribution in [2.24, 2.45) is 0 Å². The molecule has 11 aromatic rings. The second-order valence-corrected chi connectivity index (χ2v) is 14.2. The predicted octanol–water partition coefficient (Wildman–Crippen LogP) is 13.4. The fraction of sp³-hybridized carbons (Fsp3) is 0. The van der Waals surface area contributed by atoms with Gasteiger partial charge in [-0.3, -0.25) is 0 Å². The van der Waals surface area contributed by atoms with Crippen molar-refractivity contribution in [2.75, 3.05) is 0 Å². The van der Waals surface area contributed by atoms with Crippen molar-refractivity contribution in [3.8, 4) is 56.3 Å². The number of hydrogen-bond donors (Lipinski definition) is 0. The van der Waals surface area contributed by atoms with Gasteiger partial charge in [-0.1, -0.05) is 170 Å². The van der Waals surface area contributed by atoms with Gasteiger partial charge in [-0.05, 0) is 51.6 Å². The smallest absolute Gasteiger partial charge is 0.160 e. The molecule has 0 unspecified atom stereocenters. The van der Waals surface area contributed by atoms with Crippen molar-refractivity contribution >= 4 is 54.3 Å². The molecule has 4 heteroatoms. The number of fused-ring (bicyclic) bond motifs is 7. The van der Waals surface area contributed by atoms with Gasteiger partial charge in [-0.15, -0.1) is 0 Å². The molecule has 0 aliphatic carbocycles. The summed E-state index contributed by atoms with van der Waals surface area (Å²) in [5.41, 5.74) is 12.0. The Morgan fingerprint density at radius 1 is 0.286 bits per heavy atom. The van der Waals surface area contributed by atoms with Gasteiger partial charge in [0.05, 0.1) is 33.6 Å². The third-order valence-electron chi connectivity index (χ3n) is 10.8. The zero-order valence-corrected chi connectivity index (χ0v) is 30.3. The van der Waals surface area contributed by atoms with E-state index in [9.17, 15) is 0 Å². The molecular weight excluding hydrogens is 681 g/mol. The monoisotopic (exact) mass is 712 g/mol. The Balaban J connectivity index is 1.03. The normalized spacial score (nSPS) is 11.6. The van der Waals surface area contributed by atoms with E-state index in [0.717, 1.165) is 93.9 Å². The van der Waals surface area contributed by atoms with Gasteiger partial charge in [0.1, 0.15) is 0 Å². The lowest BCUT2D eigenvalue weighted by Gasteiger charge is -2.14. The van der Waals surface area contributed by atoms with Gasteiger partial charge in [-0.2, -0.15) is 0 Å². The van der Waals surface area contributed by atoms with Crippen LogP contribution in [0.5, 0.6) is 0 Å². The first-order valence-electron chi connectivity index (χ1n) is 18.9. The first-order valence-corrected chi connectivity index (χ1v) is 18.9. The van der Waals surface area contributed by atoms with E-state index in [0.29, 0.717) is 5.82 Å². The van der Waals surface area contributed by atoms with Crippen molar-refractivity contribution < 1.29 is 0 Å². The van der Waals surface area contributed by atoms with Crippen LogP contribution >= 0.6 is 0 Å². The molecule has 0 atom stereocenters. The predicted molar refractivity (Wildman–Crippen MR) is 232 cm³/mol. The van der Waals surface area contributed by atoms with Crippen LogP contribution in [-0.2, 0) is 0 Å². The Hall–Kier alpha value is -7.56.